The van der Waals surface area contributed by atoms with Crippen LogP contribution in [0.5, 0.6) is 11.6 Å². The van der Waals surface area contributed by atoms with Gasteiger partial charge in [0.15, 0.2) is 17.3 Å². The van der Waals surface area contributed by atoms with E-state index < -0.39 is 17.8 Å². The van der Waals surface area contributed by atoms with Crippen LogP contribution in [0.3, 0.4) is 0 Å². The van der Waals surface area contributed by atoms with Crippen LogP contribution in [-0.2, 0) is 0 Å². The first kappa shape index (κ1) is 16.1. The maximum absolute atomic E-state index is 14.4. The van der Waals surface area contributed by atoms with E-state index in [-0.39, 0.29) is 27.9 Å². The van der Waals surface area contributed by atoms with Crippen molar-refractivity contribution in [3.8, 4) is 11.6 Å². The number of nitrogens with two attached hydrogens (primary N) is 1. The minimum absolute atomic E-state index is 0.0497. The monoisotopic (exact) mass is 325 g/mol. The van der Waals surface area contributed by atoms with Crippen LogP contribution in [0.1, 0.15) is 35.4 Å². The van der Waals surface area contributed by atoms with Crippen LogP contribution in [0.2, 0.25) is 5.02 Å². The molecule has 0 fully saturated rings. The lowest BCUT2D eigenvalue weighted by atomic mass is 10.0. The Balaban J connectivity index is 2.34. The zero-order valence-electron chi connectivity index (χ0n) is 11.6. The first-order valence-corrected chi connectivity index (χ1v) is 6.78. The highest BCUT2D eigenvalue weighted by molar-refractivity contribution is 6.32. The van der Waals surface area contributed by atoms with Gasteiger partial charge in [-0.05, 0) is 12.5 Å². The molecule has 1 atom stereocenters. The Morgan fingerprint density at radius 3 is 2.73 bits per heavy atom. The molecule has 0 aliphatic rings. The van der Waals surface area contributed by atoms with E-state index in [1.54, 1.807) is 0 Å². The number of carboxylic acid groups (broad SMARTS) is 1. The van der Waals surface area contributed by atoms with E-state index in [4.69, 9.17) is 27.2 Å². The molecule has 22 heavy (non-hydrogen) atoms. The lowest BCUT2D eigenvalue weighted by Gasteiger charge is -2.14. The van der Waals surface area contributed by atoms with Gasteiger partial charge in [0.1, 0.15) is 0 Å². The summed E-state index contributed by atoms with van der Waals surface area (Å²) in [6.45, 7) is 1.83. The van der Waals surface area contributed by atoms with Crippen molar-refractivity contribution >= 4 is 17.6 Å². The topological polar surface area (TPSA) is 98.3 Å². The quantitative estimate of drug-likeness (QED) is 0.876. The minimum Gasteiger partial charge on any atom is -0.476 e. The molecule has 0 bridgehead atoms. The molecular formula is C14H13ClFN3O3. The second kappa shape index (κ2) is 6.67. The van der Waals surface area contributed by atoms with Gasteiger partial charge >= 0.3 is 5.97 Å². The van der Waals surface area contributed by atoms with Gasteiger partial charge in [0.25, 0.3) is 0 Å². The Kier molecular flexibility index (Phi) is 4.89. The lowest BCUT2D eigenvalue weighted by Crippen LogP contribution is -2.11. The molecule has 6 nitrogen and oxygen atoms in total. The van der Waals surface area contributed by atoms with Crippen LogP contribution in [0, 0.1) is 5.82 Å². The summed E-state index contributed by atoms with van der Waals surface area (Å²) in [5.41, 5.74) is 5.85. The number of benzene rings is 1. The van der Waals surface area contributed by atoms with Crippen molar-refractivity contribution in [3.05, 3.63) is 46.6 Å². The lowest BCUT2D eigenvalue weighted by molar-refractivity contribution is 0.0690. The van der Waals surface area contributed by atoms with Gasteiger partial charge in [0.2, 0.25) is 5.88 Å². The van der Waals surface area contributed by atoms with Crippen LogP contribution in [0.25, 0.3) is 0 Å². The zero-order valence-corrected chi connectivity index (χ0v) is 12.3. The van der Waals surface area contributed by atoms with Crippen LogP contribution >= 0.6 is 11.6 Å². The van der Waals surface area contributed by atoms with Crippen molar-refractivity contribution in [2.24, 2.45) is 5.73 Å². The number of rotatable bonds is 5. The molecule has 0 aliphatic carbocycles. The highest BCUT2D eigenvalue weighted by Crippen LogP contribution is 2.35. The van der Waals surface area contributed by atoms with E-state index in [0.29, 0.717) is 6.42 Å². The number of halogens is 2. The summed E-state index contributed by atoms with van der Waals surface area (Å²) in [5.74, 6) is -2.20. The molecule has 0 radical (unpaired) electrons. The number of hydrogen-bond donors (Lipinski definition) is 2. The van der Waals surface area contributed by atoms with Gasteiger partial charge in [-0.3, -0.25) is 0 Å². The minimum atomic E-state index is -1.22. The summed E-state index contributed by atoms with van der Waals surface area (Å²) in [4.78, 5) is 18.1. The number of aromatic carboxylic acids is 1. The largest absolute Gasteiger partial charge is 0.476 e. The average Bonchev–Trinajstić information content (AvgIpc) is 2.51. The van der Waals surface area contributed by atoms with E-state index >= 15 is 0 Å². The third-order valence-corrected chi connectivity index (χ3v) is 3.27. The fourth-order valence-corrected chi connectivity index (χ4v) is 1.92. The highest BCUT2D eigenvalue weighted by Gasteiger charge is 2.19. The second-order valence-corrected chi connectivity index (χ2v) is 4.85. The molecule has 8 heteroatoms. The normalized spacial score (nSPS) is 12.0. The number of ether oxygens (including phenoxy) is 1. The van der Waals surface area contributed by atoms with Crippen molar-refractivity contribution < 1.29 is 19.0 Å². The molecule has 1 aromatic heterocycles. The van der Waals surface area contributed by atoms with Crippen molar-refractivity contribution in [3.63, 3.8) is 0 Å². The Hall–Kier alpha value is -2.25. The van der Waals surface area contributed by atoms with Crippen LogP contribution < -0.4 is 10.5 Å². The number of carbonyl (C=O) groups is 1. The predicted octanol–water partition coefficient (Wildman–Crippen LogP) is 3.17. The summed E-state index contributed by atoms with van der Waals surface area (Å²) in [7, 11) is 0. The van der Waals surface area contributed by atoms with Crippen LogP contribution in [-0.4, -0.2) is 21.0 Å². The molecule has 0 aliphatic heterocycles. The van der Waals surface area contributed by atoms with E-state index in [1.165, 1.54) is 12.1 Å². The standard InChI is InChI=1S/C14H13ClFN3O3/c1-2-9(17)7-3-4-8(15)13(12(7)16)22-11-6-18-10(5-19-11)14(20)21/h3-6,9H,2,17H2,1H3,(H,20,21)/t9-/m1/s1. The molecule has 1 heterocycles. The van der Waals surface area contributed by atoms with E-state index in [1.807, 2.05) is 6.92 Å². The maximum atomic E-state index is 14.4. The Morgan fingerprint density at radius 1 is 1.45 bits per heavy atom. The zero-order chi connectivity index (χ0) is 16.3. The first-order chi connectivity index (χ1) is 10.4. The van der Waals surface area contributed by atoms with Crippen molar-refractivity contribution in [2.45, 2.75) is 19.4 Å². The van der Waals surface area contributed by atoms with Gasteiger partial charge < -0.3 is 15.6 Å². The number of aromatic nitrogens is 2. The number of nitrogens with zero attached hydrogens (tertiary/aromatic N) is 2. The number of hydrogen-bond acceptors (Lipinski definition) is 5. The summed E-state index contributed by atoms with van der Waals surface area (Å²) < 4.78 is 19.7. The van der Waals surface area contributed by atoms with Gasteiger partial charge in [-0.1, -0.05) is 24.6 Å². The fourth-order valence-electron chi connectivity index (χ4n) is 1.73. The van der Waals surface area contributed by atoms with Gasteiger partial charge in [-0.25, -0.2) is 19.2 Å². The third kappa shape index (κ3) is 3.32. The molecule has 2 rings (SSSR count). The average molecular weight is 326 g/mol. The molecule has 1 aromatic carbocycles. The molecule has 0 saturated heterocycles. The summed E-state index contributed by atoms with van der Waals surface area (Å²) in [5, 5.41) is 8.79. The van der Waals surface area contributed by atoms with Gasteiger partial charge in [0, 0.05) is 11.6 Å². The highest BCUT2D eigenvalue weighted by atomic mass is 35.5. The van der Waals surface area contributed by atoms with Crippen LogP contribution in [0.4, 0.5) is 4.39 Å². The molecular weight excluding hydrogens is 313 g/mol. The van der Waals surface area contributed by atoms with Gasteiger partial charge in [-0.15, -0.1) is 0 Å². The first-order valence-electron chi connectivity index (χ1n) is 6.40. The molecule has 2 aromatic rings. The Morgan fingerprint density at radius 2 is 2.18 bits per heavy atom. The van der Waals surface area contributed by atoms with Crippen LogP contribution in [0.15, 0.2) is 24.5 Å². The molecule has 3 N–H and O–H groups in total. The van der Waals surface area contributed by atoms with Crippen molar-refractivity contribution in [1.29, 1.82) is 0 Å². The van der Waals surface area contributed by atoms with Crippen molar-refractivity contribution in [1.82, 2.24) is 9.97 Å². The Labute approximate surface area is 130 Å². The molecule has 0 spiro atoms. The van der Waals surface area contributed by atoms with E-state index in [2.05, 4.69) is 9.97 Å². The molecule has 0 saturated carbocycles. The van der Waals surface area contributed by atoms with E-state index in [9.17, 15) is 9.18 Å². The summed E-state index contributed by atoms with van der Waals surface area (Å²) in [6.07, 6.45) is 2.63. The smallest absolute Gasteiger partial charge is 0.356 e. The van der Waals surface area contributed by atoms with E-state index in [0.717, 1.165) is 12.4 Å². The Bertz CT molecular complexity index is 694. The molecule has 0 amide bonds. The SMILES string of the molecule is CC[C@@H](N)c1ccc(Cl)c(Oc2cnc(C(=O)O)cn2)c1F. The maximum Gasteiger partial charge on any atom is 0.356 e. The molecule has 0 unspecified atom stereocenters. The summed E-state index contributed by atoms with van der Waals surface area (Å²) >= 11 is 5.93. The summed E-state index contributed by atoms with van der Waals surface area (Å²) in [6, 6.07) is 2.49. The number of carboxylic acids is 1. The third-order valence-electron chi connectivity index (χ3n) is 2.97. The van der Waals surface area contributed by atoms with Crippen molar-refractivity contribution in [2.75, 3.05) is 0 Å². The van der Waals surface area contributed by atoms with Gasteiger partial charge in [0.05, 0.1) is 17.4 Å². The van der Waals surface area contributed by atoms with Gasteiger partial charge in [-0.2, -0.15) is 0 Å². The molecule has 116 valence electrons. The fraction of sp³-hybridized carbons (Fsp3) is 0.214. The predicted molar refractivity (Wildman–Crippen MR) is 77.7 cm³/mol. The second-order valence-electron chi connectivity index (χ2n) is 4.44.